The molecule has 0 bridgehead atoms. The van der Waals surface area contributed by atoms with E-state index in [0.717, 1.165) is 5.69 Å². The van der Waals surface area contributed by atoms with Crippen molar-refractivity contribution in [1.82, 2.24) is 14.8 Å². The number of carbonyl (C=O) groups is 1. The van der Waals surface area contributed by atoms with E-state index in [2.05, 4.69) is 29.3 Å². The monoisotopic (exact) mass is 327 g/mol. The molecule has 1 aromatic heterocycles. The first kappa shape index (κ1) is 17.9. The molecule has 5 heteroatoms. The smallest absolute Gasteiger partial charge is 0.256 e. The van der Waals surface area contributed by atoms with Crippen LogP contribution >= 0.6 is 0 Å². The lowest BCUT2D eigenvalue weighted by Crippen LogP contribution is -2.37. The average molecular weight is 327 g/mol. The predicted molar refractivity (Wildman–Crippen MR) is 96.4 cm³/mol. The van der Waals surface area contributed by atoms with Crippen molar-refractivity contribution in [3.8, 4) is 0 Å². The molecule has 0 unspecified atom stereocenters. The van der Waals surface area contributed by atoms with Gasteiger partial charge in [-0.3, -0.25) is 9.59 Å². The average Bonchev–Trinajstić information content (AvgIpc) is 2.52. The van der Waals surface area contributed by atoms with Gasteiger partial charge in [-0.1, -0.05) is 24.3 Å². The van der Waals surface area contributed by atoms with Gasteiger partial charge in [-0.05, 0) is 39.1 Å². The Morgan fingerprint density at radius 3 is 2.54 bits per heavy atom. The van der Waals surface area contributed by atoms with Crippen molar-refractivity contribution in [1.29, 1.82) is 0 Å². The van der Waals surface area contributed by atoms with Crippen LogP contribution in [-0.4, -0.2) is 36.0 Å². The minimum atomic E-state index is -0.337. The highest BCUT2D eigenvalue weighted by Crippen LogP contribution is 2.21. The van der Waals surface area contributed by atoms with Crippen molar-refractivity contribution in [3.63, 3.8) is 0 Å². The lowest BCUT2D eigenvalue weighted by molar-refractivity contribution is 0.0940. The van der Waals surface area contributed by atoms with Crippen LogP contribution < -0.4 is 10.7 Å². The summed E-state index contributed by atoms with van der Waals surface area (Å²) in [7, 11) is 5.78. The molecular formula is C19H25N3O2. The third-order valence-electron chi connectivity index (χ3n) is 4.36. The minimum absolute atomic E-state index is 0.0458. The number of carbonyl (C=O) groups excluding carboxylic acids is 1. The number of nitrogens with one attached hydrogen (secondary N) is 1. The second-order valence-electron chi connectivity index (χ2n) is 6.35. The number of amides is 1. The van der Waals surface area contributed by atoms with E-state index in [9.17, 15) is 9.59 Å². The van der Waals surface area contributed by atoms with Crippen molar-refractivity contribution in [2.24, 2.45) is 7.05 Å². The van der Waals surface area contributed by atoms with E-state index in [1.807, 2.05) is 40.2 Å². The van der Waals surface area contributed by atoms with Gasteiger partial charge in [-0.2, -0.15) is 0 Å². The maximum atomic E-state index is 12.4. The van der Waals surface area contributed by atoms with Crippen LogP contribution in [0.25, 0.3) is 0 Å². The zero-order valence-corrected chi connectivity index (χ0v) is 15.0. The summed E-state index contributed by atoms with van der Waals surface area (Å²) in [5, 5.41) is 2.90. The molecule has 0 aliphatic rings. The van der Waals surface area contributed by atoms with Crippen molar-refractivity contribution >= 4 is 5.91 Å². The summed E-state index contributed by atoms with van der Waals surface area (Å²) in [4.78, 5) is 26.5. The Morgan fingerprint density at radius 1 is 1.25 bits per heavy atom. The van der Waals surface area contributed by atoms with Gasteiger partial charge >= 0.3 is 0 Å². The van der Waals surface area contributed by atoms with Crippen LogP contribution in [0, 0.1) is 13.8 Å². The molecule has 0 saturated heterocycles. The SMILES string of the molecule is Cc1ccccc1[C@@H](CNC(=O)c1cn(C)c(C)cc1=O)N(C)C. The lowest BCUT2D eigenvalue weighted by Gasteiger charge is -2.26. The van der Waals surface area contributed by atoms with Gasteiger partial charge in [0.25, 0.3) is 5.91 Å². The topological polar surface area (TPSA) is 54.3 Å². The number of benzene rings is 1. The van der Waals surface area contributed by atoms with Crippen molar-refractivity contribution < 1.29 is 4.79 Å². The standard InChI is InChI=1S/C19H25N3O2/c1-13-8-6-7-9-15(13)17(21(3)4)11-20-19(24)16-12-22(5)14(2)10-18(16)23/h6-10,12,17H,11H2,1-5H3,(H,20,24)/t17-/m1/s1. The van der Waals surface area contributed by atoms with Crippen LogP contribution in [0.1, 0.15) is 33.2 Å². The molecule has 2 rings (SSSR count). The second-order valence-corrected chi connectivity index (χ2v) is 6.35. The van der Waals surface area contributed by atoms with E-state index >= 15 is 0 Å². The van der Waals surface area contributed by atoms with E-state index in [1.165, 1.54) is 17.2 Å². The van der Waals surface area contributed by atoms with Crippen molar-refractivity contribution in [3.05, 3.63) is 69.1 Å². The first-order valence-electron chi connectivity index (χ1n) is 7.98. The van der Waals surface area contributed by atoms with E-state index in [0.29, 0.717) is 6.54 Å². The van der Waals surface area contributed by atoms with Crippen molar-refractivity contribution in [2.45, 2.75) is 19.9 Å². The summed E-state index contributed by atoms with van der Waals surface area (Å²) in [6, 6.07) is 9.65. The van der Waals surface area contributed by atoms with E-state index in [4.69, 9.17) is 0 Å². The summed E-state index contributed by atoms with van der Waals surface area (Å²) in [6.45, 7) is 4.33. The zero-order valence-electron chi connectivity index (χ0n) is 15.0. The molecule has 0 spiro atoms. The molecule has 1 N–H and O–H groups in total. The Morgan fingerprint density at radius 2 is 1.92 bits per heavy atom. The number of pyridine rings is 1. The van der Waals surface area contributed by atoms with Crippen LogP contribution in [0.2, 0.25) is 0 Å². The normalized spacial score (nSPS) is 12.2. The van der Waals surface area contributed by atoms with Crippen LogP contribution in [0.15, 0.2) is 41.3 Å². The number of aromatic nitrogens is 1. The molecule has 1 atom stereocenters. The summed E-state index contributed by atoms with van der Waals surface area (Å²) >= 11 is 0. The fraction of sp³-hybridized carbons (Fsp3) is 0.368. The number of likely N-dealkylation sites (N-methyl/N-ethyl adjacent to an activating group) is 1. The van der Waals surface area contributed by atoms with Gasteiger partial charge in [0, 0.05) is 31.5 Å². The van der Waals surface area contributed by atoms with Crippen LogP contribution in [0.4, 0.5) is 0 Å². The van der Waals surface area contributed by atoms with Gasteiger partial charge < -0.3 is 14.8 Å². The molecule has 128 valence electrons. The van der Waals surface area contributed by atoms with Crippen LogP contribution in [0.3, 0.4) is 0 Å². The van der Waals surface area contributed by atoms with E-state index < -0.39 is 0 Å². The Hall–Kier alpha value is -2.40. The highest BCUT2D eigenvalue weighted by Gasteiger charge is 2.18. The lowest BCUT2D eigenvalue weighted by atomic mass is 10.0. The maximum absolute atomic E-state index is 12.4. The molecule has 1 aromatic carbocycles. The first-order valence-corrected chi connectivity index (χ1v) is 7.98. The highest BCUT2D eigenvalue weighted by atomic mass is 16.2. The number of nitrogens with zero attached hydrogens (tertiary/aromatic N) is 2. The molecule has 1 amide bonds. The molecule has 0 aliphatic heterocycles. The van der Waals surface area contributed by atoms with Crippen LogP contribution in [-0.2, 0) is 7.05 Å². The van der Waals surface area contributed by atoms with Gasteiger partial charge in [0.2, 0.25) is 0 Å². The predicted octanol–water partition coefficient (Wildman–Crippen LogP) is 2.03. The minimum Gasteiger partial charge on any atom is -0.354 e. The molecular weight excluding hydrogens is 302 g/mol. The molecule has 0 aliphatic carbocycles. The Balaban J connectivity index is 2.19. The molecule has 2 aromatic rings. The Kier molecular flexibility index (Phi) is 5.57. The van der Waals surface area contributed by atoms with Gasteiger partial charge in [0.05, 0.1) is 6.04 Å². The van der Waals surface area contributed by atoms with Crippen molar-refractivity contribution in [2.75, 3.05) is 20.6 Å². The molecule has 24 heavy (non-hydrogen) atoms. The van der Waals surface area contributed by atoms with Gasteiger partial charge in [-0.25, -0.2) is 0 Å². The Labute approximate surface area is 142 Å². The largest absolute Gasteiger partial charge is 0.354 e. The van der Waals surface area contributed by atoms with Crippen LogP contribution in [0.5, 0.6) is 0 Å². The zero-order chi connectivity index (χ0) is 17.9. The molecule has 1 heterocycles. The summed E-state index contributed by atoms with van der Waals surface area (Å²) < 4.78 is 1.78. The summed E-state index contributed by atoms with van der Waals surface area (Å²) in [6.07, 6.45) is 1.59. The number of hydrogen-bond donors (Lipinski definition) is 1. The fourth-order valence-corrected chi connectivity index (χ4v) is 2.71. The molecule has 0 fully saturated rings. The van der Waals surface area contributed by atoms with Gasteiger partial charge in [0.15, 0.2) is 5.43 Å². The first-order chi connectivity index (χ1) is 11.3. The highest BCUT2D eigenvalue weighted by molar-refractivity contribution is 5.93. The fourth-order valence-electron chi connectivity index (χ4n) is 2.71. The number of hydrogen-bond acceptors (Lipinski definition) is 3. The molecule has 5 nitrogen and oxygen atoms in total. The molecule has 0 radical (unpaired) electrons. The second kappa shape index (κ2) is 7.45. The third-order valence-corrected chi connectivity index (χ3v) is 4.36. The summed E-state index contributed by atoms with van der Waals surface area (Å²) in [5.74, 6) is -0.337. The molecule has 0 saturated carbocycles. The maximum Gasteiger partial charge on any atom is 0.256 e. The van der Waals surface area contributed by atoms with Gasteiger partial charge in [0.1, 0.15) is 5.56 Å². The van der Waals surface area contributed by atoms with Gasteiger partial charge in [-0.15, -0.1) is 0 Å². The Bertz CT molecular complexity index is 793. The summed E-state index contributed by atoms with van der Waals surface area (Å²) in [5.41, 5.74) is 3.09. The third kappa shape index (κ3) is 3.92. The van der Waals surface area contributed by atoms with E-state index in [1.54, 1.807) is 10.8 Å². The quantitative estimate of drug-likeness (QED) is 0.914. The number of aryl methyl sites for hydroxylation is 3. The number of rotatable bonds is 5. The van der Waals surface area contributed by atoms with E-state index in [-0.39, 0.29) is 22.9 Å².